The van der Waals surface area contributed by atoms with Crippen LogP contribution < -0.4 is 5.32 Å². The first-order valence-electron chi connectivity index (χ1n) is 13.3. The molecule has 0 aromatic carbocycles. The minimum absolute atomic E-state index is 0.00315. The van der Waals surface area contributed by atoms with E-state index in [2.05, 4.69) is 5.32 Å². The van der Waals surface area contributed by atoms with Crippen LogP contribution in [0.4, 0.5) is 0 Å². The van der Waals surface area contributed by atoms with Crippen LogP contribution in [0.15, 0.2) is 11.1 Å². The third-order valence-electron chi connectivity index (χ3n) is 9.74. The number of Topliss-reactive ketones (excluding diaryl/α,β-unsaturated/α-hetero) is 1. The number of nitrogens with one attached hydrogen (secondary N) is 1. The van der Waals surface area contributed by atoms with Gasteiger partial charge in [-0.1, -0.05) is 13.8 Å². The van der Waals surface area contributed by atoms with Crippen molar-refractivity contribution in [1.82, 2.24) is 5.32 Å². The molecule has 2 bridgehead atoms. The Morgan fingerprint density at radius 3 is 2.27 bits per heavy atom. The van der Waals surface area contributed by atoms with Crippen molar-refractivity contribution in [1.29, 1.82) is 0 Å². The third-order valence-corrected chi connectivity index (χ3v) is 9.74. The van der Waals surface area contributed by atoms with Gasteiger partial charge < -0.3 is 45.1 Å². The summed E-state index contributed by atoms with van der Waals surface area (Å²) in [5, 5.41) is 59.7. The number of amides is 1. The van der Waals surface area contributed by atoms with Gasteiger partial charge in [0, 0.05) is 38.0 Å². The SMILES string of the molecule is CC(=O)NC[C@@H](O)C(=O)O[C@H]1C[C@@]2(O)[C@@H](OC(C)=O)[C@@H]3[C@]4(O)CO[C@@H]4C[C@H](O)[C@@]3(C)C(=O)[C@H](O)C(=C1C)C2(C)C. The summed E-state index contributed by atoms with van der Waals surface area (Å²) >= 11 is 0. The quantitative estimate of drug-likeness (QED) is 0.161. The van der Waals surface area contributed by atoms with Crippen molar-refractivity contribution in [2.75, 3.05) is 13.2 Å². The number of esters is 2. The molecule has 3 aliphatic carbocycles. The Morgan fingerprint density at radius 1 is 1.12 bits per heavy atom. The number of hydrogen-bond donors (Lipinski definition) is 6. The van der Waals surface area contributed by atoms with E-state index in [0.29, 0.717) is 0 Å². The molecule has 0 radical (unpaired) electrons. The first kappa shape index (κ1) is 30.5. The van der Waals surface area contributed by atoms with E-state index < -0.39 is 101 Å². The van der Waals surface area contributed by atoms with Gasteiger partial charge in [0.1, 0.15) is 29.5 Å². The average molecular weight is 570 g/mol. The van der Waals surface area contributed by atoms with Crippen LogP contribution in [-0.2, 0) is 33.4 Å². The highest BCUT2D eigenvalue weighted by Gasteiger charge is 2.76. The minimum Gasteiger partial charge on any atom is -0.459 e. The molecule has 1 amide bonds. The number of ketones is 1. The lowest BCUT2D eigenvalue weighted by Gasteiger charge is -2.66. The fourth-order valence-corrected chi connectivity index (χ4v) is 7.34. The number of aliphatic hydroxyl groups is 5. The number of fused-ring (bicyclic) bond motifs is 5. The van der Waals surface area contributed by atoms with Crippen LogP contribution >= 0.6 is 0 Å². The standard InChI is InChI=1S/C27H39NO12/c1-11-15(40-23(35)14(31)9-28-12(2)29)8-27(37)22(39-13(3)30)20-25(6,16(32)7-17-26(20,36)10-38-17)21(34)19(33)18(11)24(27,4)5/h14-17,19-20,22,31-33,36-37H,7-10H2,1-6H3,(H,28,29)/t14-,15+,16+,17-,19-,20+,22+,25-,26+,27-/m1/s1. The molecule has 2 saturated carbocycles. The van der Waals surface area contributed by atoms with E-state index in [1.165, 1.54) is 20.8 Å². The van der Waals surface area contributed by atoms with Gasteiger partial charge in [0.25, 0.3) is 0 Å². The second kappa shape index (κ2) is 9.85. The topological polar surface area (TPSA) is 209 Å². The first-order chi connectivity index (χ1) is 18.3. The Labute approximate surface area is 231 Å². The summed E-state index contributed by atoms with van der Waals surface area (Å²) in [5.41, 5.74) is -7.09. The maximum absolute atomic E-state index is 14.1. The van der Waals surface area contributed by atoms with Crippen LogP contribution in [0.25, 0.3) is 0 Å². The third kappa shape index (κ3) is 4.21. The molecule has 1 saturated heterocycles. The zero-order valence-corrected chi connectivity index (χ0v) is 23.5. The molecule has 4 aliphatic rings. The van der Waals surface area contributed by atoms with E-state index in [1.54, 1.807) is 13.8 Å². The van der Waals surface area contributed by atoms with Gasteiger partial charge in [0.15, 0.2) is 11.9 Å². The molecule has 0 unspecified atom stereocenters. The van der Waals surface area contributed by atoms with Gasteiger partial charge in [-0.3, -0.25) is 14.4 Å². The predicted molar refractivity (Wildman–Crippen MR) is 134 cm³/mol. The molecule has 13 heteroatoms. The van der Waals surface area contributed by atoms with E-state index >= 15 is 0 Å². The molecule has 0 aromatic heterocycles. The summed E-state index contributed by atoms with van der Waals surface area (Å²) in [6, 6.07) is 0. The van der Waals surface area contributed by atoms with Gasteiger partial charge in [-0.2, -0.15) is 0 Å². The summed E-state index contributed by atoms with van der Waals surface area (Å²) in [7, 11) is 0. The van der Waals surface area contributed by atoms with Crippen LogP contribution in [0, 0.1) is 16.7 Å². The summed E-state index contributed by atoms with van der Waals surface area (Å²) in [5.74, 6) is -4.73. The molecule has 0 spiro atoms. The molecule has 13 nitrogen and oxygen atoms in total. The number of hydrogen-bond acceptors (Lipinski definition) is 12. The molecular weight excluding hydrogens is 530 g/mol. The van der Waals surface area contributed by atoms with Crippen molar-refractivity contribution in [2.45, 2.75) is 102 Å². The zero-order valence-electron chi connectivity index (χ0n) is 23.5. The summed E-state index contributed by atoms with van der Waals surface area (Å²) < 4.78 is 16.8. The molecule has 3 fully saturated rings. The Morgan fingerprint density at radius 2 is 1.75 bits per heavy atom. The van der Waals surface area contributed by atoms with E-state index in [4.69, 9.17) is 14.2 Å². The molecular formula is C27H39NO12. The number of ether oxygens (including phenoxy) is 3. The monoisotopic (exact) mass is 569 g/mol. The Bertz CT molecular complexity index is 1150. The molecule has 1 aliphatic heterocycles. The number of carbonyl (C=O) groups is 4. The highest BCUT2D eigenvalue weighted by molar-refractivity contribution is 5.93. The number of carbonyl (C=O) groups excluding carboxylic acids is 4. The van der Waals surface area contributed by atoms with E-state index in [0.717, 1.165) is 6.92 Å². The van der Waals surface area contributed by atoms with Crippen LogP contribution in [0.1, 0.15) is 54.4 Å². The lowest BCUT2D eigenvalue weighted by Crippen LogP contribution is -2.81. The van der Waals surface area contributed by atoms with Crippen molar-refractivity contribution in [3.8, 4) is 0 Å². The van der Waals surface area contributed by atoms with Gasteiger partial charge in [0.05, 0.1) is 30.8 Å². The number of aliphatic hydroxyl groups excluding tert-OH is 3. The average Bonchev–Trinajstić information content (AvgIpc) is 2.85. The molecule has 6 N–H and O–H groups in total. The second-order valence-electron chi connectivity index (χ2n) is 12.3. The predicted octanol–water partition coefficient (Wildman–Crippen LogP) is -1.73. The highest BCUT2D eigenvalue weighted by Crippen LogP contribution is 2.63. The maximum atomic E-state index is 14.1. The molecule has 224 valence electrons. The first-order valence-corrected chi connectivity index (χ1v) is 13.3. The van der Waals surface area contributed by atoms with Crippen molar-refractivity contribution >= 4 is 23.6 Å². The number of rotatable bonds is 5. The highest BCUT2D eigenvalue weighted by atomic mass is 16.6. The van der Waals surface area contributed by atoms with Gasteiger partial charge in [-0.05, 0) is 25.0 Å². The summed E-state index contributed by atoms with van der Waals surface area (Å²) in [6.45, 7) is 7.57. The summed E-state index contributed by atoms with van der Waals surface area (Å²) in [6.07, 6.45) is -9.45. The van der Waals surface area contributed by atoms with Crippen molar-refractivity contribution < 1.29 is 58.9 Å². The molecule has 40 heavy (non-hydrogen) atoms. The zero-order chi connectivity index (χ0) is 30.2. The maximum Gasteiger partial charge on any atom is 0.337 e. The Hall–Kier alpha value is -2.42. The Balaban J connectivity index is 1.90. The van der Waals surface area contributed by atoms with Crippen LogP contribution in [-0.4, -0.2) is 110 Å². The van der Waals surface area contributed by atoms with Gasteiger partial charge in [-0.25, -0.2) is 4.79 Å². The van der Waals surface area contributed by atoms with Crippen molar-refractivity contribution in [2.24, 2.45) is 16.7 Å². The van der Waals surface area contributed by atoms with Crippen molar-refractivity contribution in [3.63, 3.8) is 0 Å². The second-order valence-corrected chi connectivity index (χ2v) is 12.3. The van der Waals surface area contributed by atoms with E-state index in [9.17, 15) is 44.7 Å². The van der Waals surface area contributed by atoms with Gasteiger partial charge >= 0.3 is 11.9 Å². The largest absolute Gasteiger partial charge is 0.459 e. The minimum atomic E-state index is -2.17. The lowest BCUT2D eigenvalue weighted by atomic mass is 9.45. The summed E-state index contributed by atoms with van der Waals surface area (Å²) in [4.78, 5) is 50.6. The lowest BCUT2D eigenvalue weighted by molar-refractivity contribution is -0.345. The smallest absolute Gasteiger partial charge is 0.337 e. The van der Waals surface area contributed by atoms with E-state index in [-0.39, 0.29) is 24.2 Å². The van der Waals surface area contributed by atoms with Gasteiger partial charge in [-0.15, -0.1) is 0 Å². The molecule has 0 aromatic rings. The van der Waals surface area contributed by atoms with Crippen molar-refractivity contribution in [3.05, 3.63) is 11.1 Å². The Kier molecular flexibility index (Phi) is 7.52. The van der Waals surface area contributed by atoms with Gasteiger partial charge in [0.2, 0.25) is 5.91 Å². The van der Waals surface area contributed by atoms with Crippen LogP contribution in [0.2, 0.25) is 0 Å². The normalized spacial score (nSPS) is 42.7. The van der Waals surface area contributed by atoms with Crippen LogP contribution in [0.3, 0.4) is 0 Å². The van der Waals surface area contributed by atoms with Crippen LogP contribution in [0.5, 0.6) is 0 Å². The van der Waals surface area contributed by atoms with E-state index in [1.807, 2.05) is 0 Å². The molecule has 4 rings (SSSR count). The molecule has 10 atom stereocenters. The molecule has 1 heterocycles. The fraction of sp³-hybridized carbons (Fsp3) is 0.778. The fourth-order valence-electron chi connectivity index (χ4n) is 7.34.